The van der Waals surface area contributed by atoms with E-state index in [4.69, 9.17) is 0 Å². The first-order chi connectivity index (χ1) is 9.74. The number of aromatic amines is 1. The highest BCUT2D eigenvalue weighted by molar-refractivity contribution is 7.99. The van der Waals surface area contributed by atoms with E-state index in [1.165, 1.54) is 23.8 Å². The van der Waals surface area contributed by atoms with Crippen molar-refractivity contribution in [3.8, 4) is 0 Å². The average Bonchev–Trinajstić information content (AvgIpc) is 3.09. The van der Waals surface area contributed by atoms with Gasteiger partial charge in [-0.3, -0.25) is 9.50 Å². The molecule has 3 heterocycles. The van der Waals surface area contributed by atoms with Crippen molar-refractivity contribution >= 4 is 28.1 Å². The second-order valence-corrected chi connectivity index (χ2v) is 6.69. The molecule has 0 saturated heterocycles. The first kappa shape index (κ1) is 13.6. The average molecular weight is 308 g/mol. The van der Waals surface area contributed by atoms with Gasteiger partial charge in [-0.2, -0.15) is 5.10 Å². The van der Waals surface area contributed by atoms with Crippen LogP contribution in [0.25, 0.3) is 4.96 Å². The third-order valence-corrected chi connectivity index (χ3v) is 4.42. The maximum absolute atomic E-state index is 4.66. The van der Waals surface area contributed by atoms with E-state index in [2.05, 4.69) is 55.3 Å². The summed E-state index contributed by atoms with van der Waals surface area (Å²) in [5, 5.41) is 14.0. The van der Waals surface area contributed by atoms with Crippen LogP contribution in [0.3, 0.4) is 0 Å². The molecular formula is C12H16N6S2. The molecule has 0 spiro atoms. The fraction of sp³-hybridized carbons (Fsp3) is 0.417. The molecule has 0 aromatic carbocycles. The van der Waals surface area contributed by atoms with Gasteiger partial charge in [0.25, 0.3) is 0 Å². The van der Waals surface area contributed by atoms with Gasteiger partial charge in [-0.15, -0.1) is 11.3 Å². The van der Waals surface area contributed by atoms with Crippen molar-refractivity contribution in [3.05, 3.63) is 23.6 Å². The van der Waals surface area contributed by atoms with Crippen LogP contribution in [0.15, 0.2) is 28.1 Å². The van der Waals surface area contributed by atoms with Gasteiger partial charge in [0.2, 0.25) is 0 Å². The fourth-order valence-corrected chi connectivity index (χ4v) is 3.46. The van der Waals surface area contributed by atoms with E-state index < -0.39 is 0 Å². The summed E-state index contributed by atoms with van der Waals surface area (Å²) < 4.78 is 2.14. The van der Waals surface area contributed by atoms with Crippen molar-refractivity contribution in [2.24, 2.45) is 5.92 Å². The summed E-state index contributed by atoms with van der Waals surface area (Å²) in [7, 11) is 0. The summed E-state index contributed by atoms with van der Waals surface area (Å²) in [6.07, 6.45) is 3.57. The molecular weight excluding hydrogens is 292 g/mol. The Hall–Kier alpha value is -1.38. The lowest BCUT2D eigenvalue weighted by atomic mass is 10.2. The van der Waals surface area contributed by atoms with Crippen LogP contribution in [0.4, 0.5) is 0 Å². The van der Waals surface area contributed by atoms with Gasteiger partial charge < -0.3 is 5.32 Å². The van der Waals surface area contributed by atoms with Crippen molar-refractivity contribution in [2.45, 2.75) is 30.6 Å². The number of thiazole rings is 1. The van der Waals surface area contributed by atoms with Crippen LogP contribution >= 0.6 is 23.1 Å². The van der Waals surface area contributed by atoms with E-state index >= 15 is 0 Å². The van der Waals surface area contributed by atoms with Crippen molar-refractivity contribution < 1.29 is 0 Å². The second kappa shape index (κ2) is 5.94. The zero-order valence-electron chi connectivity index (χ0n) is 11.3. The van der Waals surface area contributed by atoms with Crippen LogP contribution in [-0.4, -0.2) is 31.1 Å². The van der Waals surface area contributed by atoms with E-state index in [-0.39, 0.29) is 0 Å². The maximum atomic E-state index is 4.66. The van der Waals surface area contributed by atoms with Gasteiger partial charge in [0, 0.05) is 18.1 Å². The zero-order chi connectivity index (χ0) is 13.9. The highest BCUT2D eigenvalue weighted by Crippen LogP contribution is 2.29. The molecule has 3 aromatic rings. The molecule has 0 atom stereocenters. The number of fused-ring (bicyclic) bond motifs is 1. The first-order valence-electron chi connectivity index (χ1n) is 6.42. The number of nitrogens with zero attached hydrogens (tertiary/aromatic N) is 4. The van der Waals surface area contributed by atoms with Crippen molar-refractivity contribution in [1.29, 1.82) is 0 Å². The minimum Gasteiger partial charge on any atom is -0.311 e. The Kier molecular flexibility index (Phi) is 4.04. The van der Waals surface area contributed by atoms with E-state index in [1.807, 2.05) is 0 Å². The molecule has 8 heteroatoms. The van der Waals surface area contributed by atoms with Gasteiger partial charge in [-0.25, -0.2) is 9.97 Å². The predicted octanol–water partition coefficient (Wildman–Crippen LogP) is 2.41. The van der Waals surface area contributed by atoms with Gasteiger partial charge in [-0.1, -0.05) is 13.8 Å². The standard InChI is InChI=1S/C12H16N6S2/c1-8(2)5-13-6-9-10(20-11-14-7-15-17-11)16-12-18(9)3-4-19-12/h3-4,7-8,13H,5-6H2,1-2H3,(H,14,15,17). The van der Waals surface area contributed by atoms with Gasteiger partial charge in [-0.05, 0) is 24.2 Å². The third-order valence-electron chi connectivity index (χ3n) is 2.76. The van der Waals surface area contributed by atoms with Crippen LogP contribution in [0.5, 0.6) is 0 Å². The highest BCUT2D eigenvalue weighted by atomic mass is 32.2. The Bertz CT molecular complexity index is 669. The quantitative estimate of drug-likeness (QED) is 0.732. The van der Waals surface area contributed by atoms with Crippen molar-refractivity contribution in [3.63, 3.8) is 0 Å². The summed E-state index contributed by atoms with van der Waals surface area (Å²) in [5.74, 6) is 0.631. The SMILES string of the molecule is CC(C)CNCc1c(Sc2ncn[nH]2)nc2sccn12. The zero-order valence-corrected chi connectivity index (χ0v) is 13.0. The lowest BCUT2D eigenvalue weighted by molar-refractivity contribution is 0.544. The molecule has 0 bridgehead atoms. The predicted molar refractivity (Wildman–Crippen MR) is 80.1 cm³/mol. The summed E-state index contributed by atoms with van der Waals surface area (Å²) in [4.78, 5) is 9.82. The Balaban J connectivity index is 1.84. The van der Waals surface area contributed by atoms with E-state index in [0.717, 1.165) is 28.2 Å². The van der Waals surface area contributed by atoms with Crippen LogP contribution in [0, 0.1) is 5.92 Å². The smallest absolute Gasteiger partial charge is 0.194 e. The van der Waals surface area contributed by atoms with Gasteiger partial charge >= 0.3 is 0 Å². The van der Waals surface area contributed by atoms with Crippen LogP contribution in [0.1, 0.15) is 19.5 Å². The van der Waals surface area contributed by atoms with Crippen molar-refractivity contribution in [1.82, 2.24) is 29.9 Å². The Morgan fingerprint density at radius 1 is 1.50 bits per heavy atom. The Labute approximate surface area is 125 Å². The lowest BCUT2D eigenvalue weighted by Gasteiger charge is -2.07. The number of rotatable bonds is 6. The van der Waals surface area contributed by atoms with Crippen LogP contribution in [0.2, 0.25) is 0 Å². The molecule has 0 aliphatic heterocycles. The summed E-state index contributed by atoms with van der Waals surface area (Å²) in [6.45, 7) is 6.19. The largest absolute Gasteiger partial charge is 0.311 e. The highest BCUT2D eigenvalue weighted by Gasteiger charge is 2.15. The van der Waals surface area contributed by atoms with Crippen molar-refractivity contribution in [2.75, 3.05) is 6.54 Å². The Morgan fingerprint density at radius 3 is 3.15 bits per heavy atom. The number of imidazole rings is 1. The van der Waals surface area contributed by atoms with Gasteiger partial charge in [0.05, 0.1) is 5.69 Å². The van der Waals surface area contributed by atoms with E-state index in [9.17, 15) is 0 Å². The summed E-state index contributed by atoms with van der Waals surface area (Å²) >= 11 is 3.15. The molecule has 0 radical (unpaired) electrons. The molecule has 2 N–H and O–H groups in total. The number of nitrogens with one attached hydrogen (secondary N) is 2. The summed E-state index contributed by atoms with van der Waals surface area (Å²) in [6, 6.07) is 0. The Morgan fingerprint density at radius 2 is 2.40 bits per heavy atom. The molecule has 6 nitrogen and oxygen atoms in total. The molecule has 20 heavy (non-hydrogen) atoms. The molecule has 3 rings (SSSR count). The minimum atomic E-state index is 0.631. The van der Waals surface area contributed by atoms with Gasteiger partial charge in [0.1, 0.15) is 11.4 Å². The first-order valence-corrected chi connectivity index (χ1v) is 8.12. The molecule has 0 aliphatic rings. The molecule has 0 aliphatic carbocycles. The molecule has 0 fully saturated rings. The molecule has 106 valence electrons. The lowest BCUT2D eigenvalue weighted by Crippen LogP contribution is -2.20. The number of aromatic nitrogens is 5. The van der Waals surface area contributed by atoms with Crippen LogP contribution in [-0.2, 0) is 6.54 Å². The molecule has 0 amide bonds. The number of H-pyrrole nitrogens is 1. The minimum absolute atomic E-state index is 0.631. The normalized spacial score (nSPS) is 11.8. The monoisotopic (exact) mass is 308 g/mol. The maximum Gasteiger partial charge on any atom is 0.194 e. The summed E-state index contributed by atoms with van der Waals surface area (Å²) in [5.41, 5.74) is 1.17. The molecule has 3 aromatic heterocycles. The topological polar surface area (TPSA) is 70.9 Å². The van der Waals surface area contributed by atoms with E-state index in [0.29, 0.717) is 5.92 Å². The van der Waals surface area contributed by atoms with E-state index in [1.54, 1.807) is 11.3 Å². The molecule has 0 saturated carbocycles. The third kappa shape index (κ3) is 2.87. The molecule has 0 unspecified atom stereocenters. The van der Waals surface area contributed by atoms with Crippen LogP contribution < -0.4 is 5.32 Å². The van der Waals surface area contributed by atoms with Gasteiger partial charge in [0.15, 0.2) is 10.1 Å². The number of hydrogen-bond acceptors (Lipinski definition) is 6. The number of hydrogen-bond donors (Lipinski definition) is 2. The fourth-order valence-electron chi connectivity index (χ4n) is 1.87. The second-order valence-electron chi connectivity index (χ2n) is 4.84.